The highest BCUT2D eigenvalue weighted by molar-refractivity contribution is 5.96. The van der Waals surface area contributed by atoms with Gasteiger partial charge in [0.15, 0.2) is 0 Å². The number of benzene rings is 1. The molecule has 4 amide bonds. The monoisotopic (exact) mass is 709 g/mol. The summed E-state index contributed by atoms with van der Waals surface area (Å²) in [6, 6.07) is 4.93. The number of amides is 4. The van der Waals surface area contributed by atoms with Crippen LogP contribution in [0.5, 0.6) is 0 Å². The predicted octanol–water partition coefficient (Wildman–Crippen LogP) is 4.71. The Morgan fingerprint density at radius 2 is 1.20 bits per heavy atom. The molecule has 1 aromatic rings. The van der Waals surface area contributed by atoms with Gasteiger partial charge in [-0.2, -0.15) is 0 Å². The van der Waals surface area contributed by atoms with Crippen LogP contribution in [0.2, 0.25) is 0 Å². The summed E-state index contributed by atoms with van der Waals surface area (Å²) >= 11 is 0. The van der Waals surface area contributed by atoms with Crippen LogP contribution in [0, 0.1) is 23.7 Å². The second-order valence-electron chi connectivity index (χ2n) is 15.9. The van der Waals surface area contributed by atoms with E-state index >= 15 is 0 Å². The number of hydrogen-bond donors (Lipinski definition) is 5. The molecule has 0 unspecified atom stereocenters. The Morgan fingerprint density at radius 1 is 0.706 bits per heavy atom. The van der Waals surface area contributed by atoms with Gasteiger partial charge in [0.1, 0.15) is 24.2 Å². The summed E-state index contributed by atoms with van der Waals surface area (Å²) in [6.07, 6.45) is 14.3. The van der Waals surface area contributed by atoms with Crippen LogP contribution in [-0.2, 0) is 30.4 Å². The highest BCUT2D eigenvalue weighted by Crippen LogP contribution is 2.31. The number of hydrogen-bond acceptors (Lipinski definition) is 6. The molecule has 5 atom stereocenters. The Labute approximate surface area is 304 Å². The van der Waals surface area contributed by atoms with Crippen molar-refractivity contribution in [2.45, 2.75) is 153 Å². The van der Waals surface area contributed by atoms with Crippen LogP contribution in [0.4, 0.5) is 0 Å². The average Bonchev–Trinajstić information content (AvgIpc) is 3.15. The molecule has 11 nitrogen and oxygen atoms in total. The van der Waals surface area contributed by atoms with E-state index in [1.54, 1.807) is 0 Å². The summed E-state index contributed by atoms with van der Waals surface area (Å²) in [6.45, 7) is 3.84. The third kappa shape index (κ3) is 11.8. The average molecular weight is 710 g/mol. The van der Waals surface area contributed by atoms with Gasteiger partial charge in [-0.15, -0.1) is 0 Å². The second kappa shape index (κ2) is 20.0. The third-order valence-corrected chi connectivity index (χ3v) is 11.6. The van der Waals surface area contributed by atoms with Gasteiger partial charge < -0.3 is 31.7 Å². The molecule has 11 heteroatoms. The Hall–Kier alpha value is -3.47. The fourth-order valence-electron chi connectivity index (χ4n) is 8.49. The maximum absolute atomic E-state index is 14.4. The fraction of sp³-hybridized carbons (Fsp3) is 0.725. The number of carboxylic acids is 1. The van der Waals surface area contributed by atoms with Crippen molar-refractivity contribution in [2.24, 2.45) is 29.4 Å². The van der Waals surface area contributed by atoms with Crippen molar-refractivity contribution >= 4 is 29.6 Å². The molecule has 3 aliphatic carbocycles. The summed E-state index contributed by atoms with van der Waals surface area (Å²) in [5.74, 6) is -2.92. The van der Waals surface area contributed by atoms with Gasteiger partial charge in [-0.25, -0.2) is 4.79 Å². The highest BCUT2D eigenvalue weighted by atomic mass is 16.4. The minimum Gasteiger partial charge on any atom is -0.480 e. The molecular formula is C40H63N5O6. The van der Waals surface area contributed by atoms with Gasteiger partial charge in [0, 0.05) is 13.5 Å². The maximum atomic E-state index is 14.4. The third-order valence-electron chi connectivity index (χ3n) is 11.6. The van der Waals surface area contributed by atoms with Crippen LogP contribution in [-0.4, -0.2) is 76.9 Å². The lowest BCUT2D eigenvalue weighted by molar-refractivity contribution is -0.152. The van der Waals surface area contributed by atoms with Crippen LogP contribution in [0.3, 0.4) is 0 Å². The zero-order chi connectivity index (χ0) is 36.9. The maximum Gasteiger partial charge on any atom is 0.326 e. The number of likely N-dealkylation sites (N-methyl/N-ethyl adjacent to an activating group) is 1. The van der Waals surface area contributed by atoms with Gasteiger partial charge in [0.05, 0.1) is 6.04 Å². The molecule has 1 aromatic carbocycles. The molecule has 3 saturated carbocycles. The quantitative estimate of drug-likeness (QED) is 0.166. The first-order chi connectivity index (χ1) is 24.5. The zero-order valence-electron chi connectivity index (χ0n) is 31.1. The number of rotatable bonds is 16. The molecule has 0 aliphatic heterocycles. The van der Waals surface area contributed by atoms with Crippen LogP contribution in [0.15, 0.2) is 30.3 Å². The van der Waals surface area contributed by atoms with Gasteiger partial charge in [-0.3, -0.25) is 19.2 Å². The smallest absolute Gasteiger partial charge is 0.326 e. The summed E-state index contributed by atoms with van der Waals surface area (Å²) < 4.78 is 0. The standard InChI is InChI=1S/C40H63N5O6/c1-26(2)24-32(40(50)51)45(3)39(49)35(30-22-14-7-15-23-30)44-38(48)34(29-20-12-6-13-21-29)43-36(46)31(25-27-16-8-4-9-17-27)42-37(47)33(41)28-18-10-5-11-19-28/h4,8-9,16-17,26,28-35H,5-7,10-15,18-25,41H2,1-3H3,(H,42,47)(H,43,46)(H,44,48)(H,50,51)/t31-,32-,33-,34-,35-/m1/s1. The van der Waals surface area contributed by atoms with E-state index in [0.717, 1.165) is 102 Å². The summed E-state index contributed by atoms with van der Waals surface area (Å²) in [4.78, 5) is 69.9. The Bertz CT molecular complexity index is 1290. The molecule has 4 rings (SSSR count). The van der Waals surface area contributed by atoms with Crippen molar-refractivity contribution in [3.8, 4) is 0 Å². The zero-order valence-corrected chi connectivity index (χ0v) is 31.1. The number of nitrogens with one attached hydrogen (secondary N) is 3. The van der Waals surface area contributed by atoms with Gasteiger partial charge in [0.2, 0.25) is 23.6 Å². The topological polar surface area (TPSA) is 171 Å². The molecule has 3 aliphatic rings. The summed E-state index contributed by atoms with van der Waals surface area (Å²) in [5.41, 5.74) is 7.33. The van der Waals surface area contributed by atoms with E-state index in [4.69, 9.17) is 5.73 Å². The van der Waals surface area contributed by atoms with Crippen molar-refractivity contribution < 1.29 is 29.1 Å². The molecule has 51 heavy (non-hydrogen) atoms. The van der Waals surface area contributed by atoms with Crippen molar-refractivity contribution in [2.75, 3.05) is 7.05 Å². The molecule has 0 saturated heterocycles. The van der Waals surface area contributed by atoms with Gasteiger partial charge >= 0.3 is 5.97 Å². The van der Waals surface area contributed by atoms with E-state index in [1.165, 1.54) is 11.9 Å². The number of carboxylic acid groups (broad SMARTS) is 1. The molecular weight excluding hydrogens is 646 g/mol. The van der Waals surface area contributed by atoms with E-state index in [-0.39, 0.29) is 36.0 Å². The molecule has 0 aromatic heterocycles. The van der Waals surface area contributed by atoms with Crippen molar-refractivity contribution in [3.63, 3.8) is 0 Å². The summed E-state index contributed by atoms with van der Waals surface area (Å²) in [7, 11) is 1.51. The number of carbonyl (C=O) groups is 5. The van der Waals surface area contributed by atoms with Gasteiger partial charge in [-0.1, -0.05) is 102 Å². The predicted molar refractivity (Wildman–Crippen MR) is 197 cm³/mol. The molecule has 6 N–H and O–H groups in total. The van der Waals surface area contributed by atoms with Crippen LogP contribution in [0.1, 0.15) is 122 Å². The number of nitrogens with two attached hydrogens (primary N) is 1. The lowest BCUT2D eigenvalue weighted by atomic mass is 9.81. The lowest BCUT2D eigenvalue weighted by Crippen LogP contribution is -2.62. The first-order valence-corrected chi connectivity index (χ1v) is 19.7. The highest BCUT2D eigenvalue weighted by Gasteiger charge is 2.41. The first-order valence-electron chi connectivity index (χ1n) is 19.7. The molecule has 3 fully saturated rings. The van der Waals surface area contributed by atoms with E-state index in [1.807, 2.05) is 44.2 Å². The molecule has 0 heterocycles. The second-order valence-corrected chi connectivity index (χ2v) is 15.9. The van der Waals surface area contributed by atoms with Gasteiger partial charge in [-0.05, 0) is 74.2 Å². The lowest BCUT2D eigenvalue weighted by Gasteiger charge is -2.37. The Morgan fingerprint density at radius 3 is 1.71 bits per heavy atom. The van der Waals surface area contributed by atoms with E-state index in [0.29, 0.717) is 6.42 Å². The minimum atomic E-state index is -1.07. The van der Waals surface area contributed by atoms with Gasteiger partial charge in [0.25, 0.3) is 0 Å². The van der Waals surface area contributed by atoms with E-state index in [2.05, 4.69) is 16.0 Å². The van der Waals surface area contributed by atoms with Crippen molar-refractivity contribution in [3.05, 3.63) is 35.9 Å². The normalized spacial score (nSPS) is 20.7. The van der Waals surface area contributed by atoms with Crippen LogP contribution >= 0.6 is 0 Å². The Kier molecular flexibility index (Phi) is 15.8. The number of aliphatic carboxylic acids is 1. The van der Waals surface area contributed by atoms with Crippen molar-refractivity contribution in [1.82, 2.24) is 20.9 Å². The molecule has 0 radical (unpaired) electrons. The summed E-state index contributed by atoms with van der Waals surface area (Å²) in [5, 5.41) is 19.1. The molecule has 0 bridgehead atoms. The Balaban J connectivity index is 1.58. The van der Waals surface area contributed by atoms with Crippen LogP contribution in [0.25, 0.3) is 0 Å². The molecule has 284 valence electrons. The number of nitrogens with zero attached hydrogens (tertiary/aromatic N) is 1. The largest absolute Gasteiger partial charge is 0.480 e. The molecule has 0 spiro atoms. The van der Waals surface area contributed by atoms with Crippen LogP contribution < -0.4 is 21.7 Å². The first kappa shape index (κ1) is 40.3. The van der Waals surface area contributed by atoms with E-state index in [9.17, 15) is 29.1 Å². The van der Waals surface area contributed by atoms with Crippen molar-refractivity contribution in [1.29, 1.82) is 0 Å². The fourth-order valence-corrected chi connectivity index (χ4v) is 8.49. The minimum absolute atomic E-state index is 0.0523. The van der Waals surface area contributed by atoms with E-state index < -0.39 is 53.9 Å². The SMILES string of the molecule is CC(C)C[C@H](C(=O)O)N(C)C(=O)[C@H](NC(=O)[C@H](NC(=O)[C@@H](Cc1ccccc1)NC(=O)[C@H](N)C1CCCCC1)C1CCCCC1)C1CCCCC1. The number of carbonyl (C=O) groups excluding carboxylic acids is 4.